The second-order valence-corrected chi connectivity index (χ2v) is 5.06. The number of benzene rings is 1. The molecule has 1 aliphatic heterocycles. The van der Waals surface area contributed by atoms with E-state index in [9.17, 15) is 9.90 Å². The second kappa shape index (κ2) is 7.14. The maximum Gasteiger partial charge on any atom is 0.251 e. The van der Waals surface area contributed by atoms with Crippen molar-refractivity contribution in [2.24, 2.45) is 0 Å². The van der Waals surface area contributed by atoms with Crippen LogP contribution in [0.5, 0.6) is 5.75 Å². The molecular formula is C15H22N2O2. The van der Waals surface area contributed by atoms with Gasteiger partial charge in [-0.25, -0.2) is 0 Å². The third kappa shape index (κ3) is 4.56. The molecule has 0 saturated carbocycles. The highest BCUT2D eigenvalue weighted by Crippen LogP contribution is 2.11. The van der Waals surface area contributed by atoms with Crippen LogP contribution in [0, 0.1) is 0 Å². The number of phenolic OH excluding ortho intramolecular Hbond substituents is 1. The molecule has 0 aromatic heterocycles. The first-order chi connectivity index (χ1) is 9.25. The minimum atomic E-state index is -0.114. The molecule has 19 heavy (non-hydrogen) atoms. The fourth-order valence-electron chi connectivity index (χ4n) is 2.42. The van der Waals surface area contributed by atoms with Gasteiger partial charge in [0.2, 0.25) is 0 Å². The van der Waals surface area contributed by atoms with E-state index in [1.54, 1.807) is 18.2 Å². The van der Waals surface area contributed by atoms with Crippen molar-refractivity contribution in [3.8, 4) is 5.75 Å². The van der Waals surface area contributed by atoms with Gasteiger partial charge >= 0.3 is 0 Å². The fourth-order valence-corrected chi connectivity index (χ4v) is 2.42. The summed E-state index contributed by atoms with van der Waals surface area (Å²) < 4.78 is 0. The lowest BCUT2D eigenvalue weighted by Gasteiger charge is -2.14. The molecule has 0 atom stereocenters. The molecule has 1 aromatic rings. The van der Waals surface area contributed by atoms with Crippen molar-refractivity contribution in [3.05, 3.63) is 29.8 Å². The lowest BCUT2D eigenvalue weighted by Crippen LogP contribution is -2.26. The summed E-state index contributed by atoms with van der Waals surface area (Å²) in [6, 6.07) is 6.43. The van der Waals surface area contributed by atoms with Gasteiger partial charge in [-0.15, -0.1) is 0 Å². The van der Waals surface area contributed by atoms with Gasteiger partial charge in [-0.3, -0.25) is 4.79 Å². The average molecular weight is 262 g/mol. The largest absolute Gasteiger partial charge is 0.508 e. The molecule has 0 aliphatic carbocycles. The van der Waals surface area contributed by atoms with E-state index in [1.807, 2.05) is 0 Å². The van der Waals surface area contributed by atoms with Crippen molar-refractivity contribution in [2.75, 3.05) is 26.2 Å². The summed E-state index contributed by atoms with van der Waals surface area (Å²) in [4.78, 5) is 14.3. The molecule has 4 nitrogen and oxygen atoms in total. The van der Waals surface area contributed by atoms with Gasteiger partial charge in [-0.1, -0.05) is 6.07 Å². The molecule has 4 heteroatoms. The van der Waals surface area contributed by atoms with Crippen LogP contribution < -0.4 is 5.32 Å². The van der Waals surface area contributed by atoms with E-state index in [2.05, 4.69) is 10.2 Å². The first-order valence-electron chi connectivity index (χ1n) is 7.05. The van der Waals surface area contributed by atoms with Gasteiger partial charge in [0.15, 0.2) is 0 Å². The number of likely N-dealkylation sites (tertiary alicyclic amines) is 1. The molecule has 1 saturated heterocycles. The minimum Gasteiger partial charge on any atom is -0.508 e. The molecule has 1 aromatic carbocycles. The third-order valence-electron chi connectivity index (χ3n) is 3.49. The Morgan fingerprint density at radius 1 is 1.26 bits per heavy atom. The molecular weight excluding hydrogens is 240 g/mol. The zero-order valence-electron chi connectivity index (χ0n) is 11.3. The summed E-state index contributed by atoms with van der Waals surface area (Å²) in [7, 11) is 0. The van der Waals surface area contributed by atoms with E-state index in [0.717, 1.165) is 19.4 Å². The molecule has 1 heterocycles. The normalized spacial score (nSPS) is 15.6. The summed E-state index contributed by atoms with van der Waals surface area (Å²) in [5.41, 5.74) is 0.513. The Hall–Kier alpha value is -1.55. The minimum absolute atomic E-state index is 0.114. The lowest BCUT2D eigenvalue weighted by atomic mass is 10.2. The van der Waals surface area contributed by atoms with Crippen molar-refractivity contribution in [1.82, 2.24) is 10.2 Å². The Morgan fingerprint density at radius 3 is 2.79 bits per heavy atom. The van der Waals surface area contributed by atoms with E-state index >= 15 is 0 Å². The lowest BCUT2D eigenvalue weighted by molar-refractivity contribution is 0.0952. The highest BCUT2D eigenvalue weighted by molar-refractivity contribution is 5.94. The van der Waals surface area contributed by atoms with Gasteiger partial charge in [0, 0.05) is 12.1 Å². The molecule has 0 bridgehead atoms. The monoisotopic (exact) mass is 262 g/mol. The standard InChI is InChI=1S/C15H22N2O2/c18-14-7-5-6-13(12-14)15(19)16-8-1-2-9-17-10-3-4-11-17/h5-7,12,18H,1-4,8-11H2,(H,16,19). The number of hydrogen-bond acceptors (Lipinski definition) is 3. The molecule has 0 radical (unpaired) electrons. The summed E-state index contributed by atoms with van der Waals surface area (Å²) in [5.74, 6) is 0.0127. The number of phenols is 1. The zero-order valence-corrected chi connectivity index (χ0v) is 11.3. The smallest absolute Gasteiger partial charge is 0.251 e. The Labute approximate surface area is 114 Å². The summed E-state index contributed by atoms with van der Waals surface area (Å²) in [6.07, 6.45) is 4.78. The Bertz CT molecular complexity index is 414. The topological polar surface area (TPSA) is 52.6 Å². The average Bonchev–Trinajstić information content (AvgIpc) is 2.91. The second-order valence-electron chi connectivity index (χ2n) is 5.06. The molecule has 0 unspecified atom stereocenters. The Balaban J connectivity index is 1.61. The number of carbonyl (C=O) groups excluding carboxylic acids is 1. The van der Waals surface area contributed by atoms with Gasteiger partial charge in [0.1, 0.15) is 5.75 Å². The van der Waals surface area contributed by atoms with Crippen LogP contribution in [-0.2, 0) is 0 Å². The molecule has 2 rings (SSSR count). The van der Waals surface area contributed by atoms with E-state index in [-0.39, 0.29) is 11.7 Å². The van der Waals surface area contributed by atoms with E-state index in [0.29, 0.717) is 12.1 Å². The van der Waals surface area contributed by atoms with Crippen LogP contribution in [0.15, 0.2) is 24.3 Å². The van der Waals surface area contributed by atoms with Crippen LogP contribution in [0.4, 0.5) is 0 Å². The number of unbranched alkanes of at least 4 members (excludes halogenated alkanes) is 1. The van der Waals surface area contributed by atoms with E-state index in [4.69, 9.17) is 0 Å². The fraction of sp³-hybridized carbons (Fsp3) is 0.533. The van der Waals surface area contributed by atoms with Gasteiger partial charge in [-0.05, 0) is 63.5 Å². The molecule has 1 aliphatic rings. The van der Waals surface area contributed by atoms with Crippen molar-refractivity contribution in [3.63, 3.8) is 0 Å². The number of nitrogens with one attached hydrogen (secondary N) is 1. The number of rotatable bonds is 6. The van der Waals surface area contributed by atoms with Gasteiger partial charge in [-0.2, -0.15) is 0 Å². The number of hydrogen-bond donors (Lipinski definition) is 2. The highest BCUT2D eigenvalue weighted by atomic mass is 16.3. The number of nitrogens with zero attached hydrogens (tertiary/aromatic N) is 1. The molecule has 1 fully saturated rings. The van der Waals surface area contributed by atoms with Crippen LogP contribution in [0.3, 0.4) is 0 Å². The first kappa shape index (κ1) is 13.9. The quantitative estimate of drug-likeness (QED) is 0.771. The van der Waals surface area contributed by atoms with Crippen molar-refractivity contribution in [1.29, 1.82) is 0 Å². The maximum atomic E-state index is 11.8. The van der Waals surface area contributed by atoms with Crippen molar-refractivity contribution >= 4 is 5.91 Å². The van der Waals surface area contributed by atoms with Crippen LogP contribution in [0.25, 0.3) is 0 Å². The van der Waals surface area contributed by atoms with Crippen LogP contribution >= 0.6 is 0 Å². The highest BCUT2D eigenvalue weighted by Gasteiger charge is 2.10. The Kier molecular flexibility index (Phi) is 5.21. The van der Waals surface area contributed by atoms with Gasteiger partial charge < -0.3 is 15.3 Å². The van der Waals surface area contributed by atoms with Crippen LogP contribution in [0.2, 0.25) is 0 Å². The van der Waals surface area contributed by atoms with Crippen molar-refractivity contribution in [2.45, 2.75) is 25.7 Å². The molecule has 1 amide bonds. The summed E-state index contributed by atoms with van der Waals surface area (Å²) in [6.45, 7) is 4.30. The Morgan fingerprint density at radius 2 is 2.05 bits per heavy atom. The number of amides is 1. The third-order valence-corrected chi connectivity index (χ3v) is 3.49. The van der Waals surface area contributed by atoms with Crippen molar-refractivity contribution < 1.29 is 9.90 Å². The first-order valence-corrected chi connectivity index (χ1v) is 7.05. The number of aromatic hydroxyl groups is 1. The number of carbonyl (C=O) groups is 1. The SMILES string of the molecule is O=C(NCCCCN1CCCC1)c1cccc(O)c1. The zero-order chi connectivity index (χ0) is 13.5. The maximum absolute atomic E-state index is 11.8. The predicted molar refractivity (Wildman–Crippen MR) is 75.3 cm³/mol. The molecule has 0 spiro atoms. The van der Waals surface area contributed by atoms with Crippen LogP contribution in [-0.4, -0.2) is 42.1 Å². The van der Waals surface area contributed by atoms with Crippen LogP contribution in [0.1, 0.15) is 36.0 Å². The summed E-state index contributed by atoms with van der Waals surface area (Å²) in [5, 5.41) is 12.2. The summed E-state index contributed by atoms with van der Waals surface area (Å²) >= 11 is 0. The molecule has 104 valence electrons. The van der Waals surface area contributed by atoms with Gasteiger partial charge in [0.05, 0.1) is 0 Å². The van der Waals surface area contributed by atoms with Gasteiger partial charge in [0.25, 0.3) is 5.91 Å². The molecule has 2 N–H and O–H groups in total. The predicted octanol–water partition coefficient (Wildman–Crippen LogP) is 2.00. The van der Waals surface area contributed by atoms with E-state index < -0.39 is 0 Å². The van der Waals surface area contributed by atoms with E-state index in [1.165, 1.54) is 32.0 Å².